The third-order valence-electron chi connectivity index (χ3n) is 5.22. The van der Waals surface area contributed by atoms with Crippen molar-refractivity contribution in [2.24, 2.45) is 0 Å². The Morgan fingerprint density at radius 2 is 1.68 bits per heavy atom. The minimum atomic E-state index is -3.30. The van der Waals surface area contributed by atoms with Crippen LogP contribution in [0, 0.1) is 0 Å². The van der Waals surface area contributed by atoms with Crippen LogP contribution in [0.2, 0.25) is 0 Å². The Labute approximate surface area is 166 Å². The minimum Gasteiger partial charge on any atom is -0.399 e. The smallest absolute Gasteiger partial charge is 0.255 e. The summed E-state index contributed by atoms with van der Waals surface area (Å²) in [5, 5.41) is 2.42. The van der Waals surface area contributed by atoms with Crippen LogP contribution in [0.3, 0.4) is 0 Å². The highest BCUT2D eigenvalue weighted by Crippen LogP contribution is 2.35. The Morgan fingerprint density at radius 1 is 1.04 bits per heavy atom. The van der Waals surface area contributed by atoms with E-state index in [9.17, 15) is 13.2 Å². The van der Waals surface area contributed by atoms with Gasteiger partial charge in [0, 0.05) is 28.9 Å². The first-order valence-corrected chi connectivity index (χ1v) is 11.1. The number of amides is 1. The summed E-state index contributed by atoms with van der Waals surface area (Å²) < 4.78 is 27.3. The van der Waals surface area contributed by atoms with Crippen molar-refractivity contribution < 1.29 is 13.2 Å². The van der Waals surface area contributed by atoms with Crippen LogP contribution < -0.4 is 15.8 Å². The average molecular weight is 402 g/mol. The van der Waals surface area contributed by atoms with Gasteiger partial charge in [-0.3, -0.25) is 4.79 Å². The fraction of sp³-hybridized carbons (Fsp3) is 0.381. The summed E-state index contributed by atoms with van der Waals surface area (Å²) in [6.07, 6.45) is 2.78. The summed E-state index contributed by atoms with van der Waals surface area (Å²) >= 11 is 0. The van der Waals surface area contributed by atoms with Gasteiger partial charge in [-0.25, -0.2) is 13.1 Å². The highest BCUT2D eigenvalue weighted by atomic mass is 32.2. The van der Waals surface area contributed by atoms with Crippen LogP contribution in [0.25, 0.3) is 0 Å². The number of rotatable bonds is 6. The van der Waals surface area contributed by atoms with E-state index in [0.717, 1.165) is 24.8 Å². The fourth-order valence-corrected chi connectivity index (χ4v) is 4.47. The maximum absolute atomic E-state index is 12.3. The first kappa shape index (κ1) is 20.4. The summed E-state index contributed by atoms with van der Waals surface area (Å²) in [5.41, 5.74) is 8.58. The quantitative estimate of drug-likeness (QED) is 0.645. The van der Waals surface area contributed by atoms with Crippen LogP contribution in [0.1, 0.15) is 54.9 Å². The molecule has 0 radical (unpaired) electrons. The molecule has 3 rings (SSSR count). The molecule has 28 heavy (non-hydrogen) atoms. The molecule has 6 nitrogen and oxygen atoms in total. The Hall–Kier alpha value is -2.38. The van der Waals surface area contributed by atoms with Crippen LogP contribution in [-0.2, 0) is 10.0 Å². The molecule has 2 aromatic carbocycles. The van der Waals surface area contributed by atoms with Gasteiger partial charge in [0.2, 0.25) is 10.0 Å². The average Bonchev–Trinajstić information content (AvgIpc) is 3.10. The third-order valence-corrected chi connectivity index (χ3v) is 7.09. The standard InChI is InChI=1S/C21H27N3O3S/c1-14(2)28(26,27)24-20-5-3-4-19(20)15-8-12-18(13-9-15)23-21(25)16-6-10-17(22)11-7-16/h6-14,19-20,24H,3-5,22H2,1-2H3,(H,23,25)/t19-,20-/m1/s1. The lowest BCUT2D eigenvalue weighted by atomic mass is 9.94. The zero-order valence-electron chi connectivity index (χ0n) is 16.2. The number of nitrogens with two attached hydrogens (primary N) is 1. The minimum absolute atomic E-state index is 0.0809. The number of anilines is 2. The lowest BCUT2D eigenvalue weighted by Crippen LogP contribution is -2.40. The van der Waals surface area contributed by atoms with Gasteiger partial charge in [0.15, 0.2) is 0 Å². The molecule has 4 N–H and O–H groups in total. The molecule has 7 heteroatoms. The van der Waals surface area contributed by atoms with Crippen molar-refractivity contribution in [2.75, 3.05) is 11.1 Å². The summed E-state index contributed by atoms with van der Waals surface area (Å²) in [6.45, 7) is 3.37. The molecule has 1 fully saturated rings. The van der Waals surface area contributed by atoms with E-state index in [1.807, 2.05) is 24.3 Å². The molecule has 2 atom stereocenters. The van der Waals surface area contributed by atoms with Crippen molar-refractivity contribution in [3.8, 4) is 0 Å². The van der Waals surface area contributed by atoms with Crippen molar-refractivity contribution in [1.82, 2.24) is 4.72 Å². The lowest BCUT2D eigenvalue weighted by molar-refractivity contribution is 0.102. The van der Waals surface area contributed by atoms with E-state index in [1.165, 1.54) is 0 Å². The number of hydrogen-bond acceptors (Lipinski definition) is 4. The SMILES string of the molecule is CC(C)S(=O)(=O)N[C@@H]1CCC[C@@H]1c1ccc(NC(=O)c2ccc(N)cc2)cc1. The topological polar surface area (TPSA) is 101 Å². The first-order chi connectivity index (χ1) is 13.3. The lowest BCUT2D eigenvalue weighted by Gasteiger charge is -2.23. The van der Waals surface area contributed by atoms with Gasteiger partial charge in [-0.05, 0) is 68.7 Å². The highest BCUT2D eigenvalue weighted by Gasteiger charge is 2.32. The summed E-state index contributed by atoms with van der Waals surface area (Å²) in [6, 6.07) is 14.3. The van der Waals surface area contributed by atoms with Gasteiger partial charge in [0.25, 0.3) is 5.91 Å². The molecular formula is C21H27N3O3S. The molecule has 0 bridgehead atoms. The van der Waals surface area contributed by atoms with Crippen molar-refractivity contribution in [1.29, 1.82) is 0 Å². The van der Waals surface area contributed by atoms with E-state index >= 15 is 0 Å². The molecule has 0 heterocycles. The predicted molar refractivity (Wildman–Crippen MR) is 113 cm³/mol. The molecule has 150 valence electrons. The van der Waals surface area contributed by atoms with Crippen molar-refractivity contribution in [3.63, 3.8) is 0 Å². The van der Waals surface area contributed by atoms with Crippen LogP contribution in [0.15, 0.2) is 48.5 Å². The van der Waals surface area contributed by atoms with Gasteiger partial charge in [0.1, 0.15) is 0 Å². The third kappa shape index (κ3) is 4.72. The number of nitrogens with one attached hydrogen (secondary N) is 2. The molecule has 0 unspecified atom stereocenters. The van der Waals surface area contributed by atoms with Gasteiger partial charge < -0.3 is 11.1 Å². The van der Waals surface area contributed by atoms with Crippen molar-refractivity contribution >= 4 is 27.3 Å². The van der Waals surface area contributed by atoms with E-state index in [-0.39, 0.29) is 17.9 Å². The van der Waals surface area contributed by atoms with Gasteiger partial charge in [0.05, 0.1) is 5.25 Å². The van der Waals surface area contributed by atoms with Crippen LogP contribution in [-0.4, -0.2) is 25.6 Å². The molecule has 1 aliphatic carbocycles. The zero-order chi connectivity index (χ0) is 20.3. The highest BCUT2D eigenvalue weighted by molar-refractivity contribution is 7.90. The fourth-order valence-electron chi connectivity index (χ4n) is 3.50. The molecule has 0 spiro atoms. The zero-order valence-corrected chi connectivity index (χ0v) is 17.0. The van der Waals surface area contributed by atoms with Gasteiger partial charge >= 0.3 is 0 Å². The van der Waals surface area contributed by atoms with E-state index in [1.54, 1.807) is 38.1 Å². The molecule has 1 amide bonds. The summed E-state index contributed by atoms with van der Waals surface area (Å²) in [7, 11) is -3.30. The van der Waals surface area contributed by atoms with Crippen molar-refractivity contribution in [2.45, 2.75) is 50.3 Å². The Morgan fingerprint density at radius 3 is 2.29 bits per heavy atom. The number of carbonyl (C=O) groups excluding carboxylic acids is 1. The first-order valence-electron chi connectivity index (χ1n) is 9.54. The molecular weight excluding hydrogens is 374 g/mol. The number of benzene rings is 2. The Kier molecular flexibility index (Phi) is 6.05. The second kappa shape index (κ2) is 8.32. The largest absolute Gasteiger partial charge is 0.399 e. The second-order valence-electron chi connectivity index (χ2n) is 7.55. The molecule has 0 aromatic heterocycles. The van der Waals surface area contributed by atoms with Crippen molar-refractivity contribution in [3.05, 3.63) is 59.7 Å². The van der Waals surface area contributed by atoms with Gasteiger partial charge in [-0.15, -0.1) is 0 Å². The van der Waals surface area contributed by atoms with E-state index in [2.05, 4.69) is 10.0 Å². The van der Waals surface area contributed by atoms with Crippen LogP contribution >= 0.6 is 0 Å². The molecule has 0 saturated heterocycles. The maximum atomic E-state index is 12.3. The maximum Gasteiger partial charge on any atom is 0.255 e. The number of sulfonamides is 1. The molecule has 1 aliphatic rings. The molecule has 2 aromatic rings. The van der Waals surface area contributed by atoms with Crippen LogP contribution in [0.5, 0.6) is 0 Å². The van der Waals surface area contributed by atoms with E-state index < -0.39 is 15.3 Å². The van der Waals surface area contributed by atoms with Gasteiger partial charge in [-0.2, -0.15) is 0 Å². The number of nitrogen functional groups attached to an aromatic ring is 1. The van der Waals surface area contributed by atoms with Crippen LogP contribution in [0.4, 0.5) is 11.4 Å². The van der Waals surface area contributed by atoms with E-state index in [4.69, 9.17) is 5.73 Å². The monoisotopic (exact) mass is 401 g/mol. The Balaban J connectivity index is 1.68. The predicted octanol–water partition coefficient (Wildman–Crippen LogP) is 3.49. The van der Waals surface area contributed by atoms with E-state index in [0.29, 0.717) is 16.9 Å². The normalized spacial score (nSPS) is 19.7. The number of hydrogen-bond donors (Lipinski definition) is 3. The molecule has 1 saturated carbocycles. The van der Waals surface area contributed by atoms with Gasteiger partial charge in [-0.1, -0.05) is 18.6 Å². The summed E-state index contributed by atoms with van der Waals surface area (Å²) in [5.74, 6) is -0.0495. The Bertz CT molecular complexity index is 922. The molecule has 0 aliphatic heterocycles. The second-order valence-corrected chi connectivity index (χ2v) is 9.82. The summed E-state index contributed by atoms with van der Waals surface area (Å²) in [4.78, 5) is 12.3. The number of carbonyl (C=O) groups is 1.